The van der Waals surface area contributed by atoms with Gasteiger partial charge in [-0.1, -0.05) is 36.4 Å². The molecule has 2 aromatic carbocycles. The molecule has 7 nitrogen and oxygen atoms in total. The SMILES string of the molecule is Cc1cccc(C)c1NC(=O)N1CCCN1C(=O)c1cnn(-c2ccccc2)c1C. The summed E-state index contributed by atoms with van der Waals surface area (Å²) in [4.78, 5) is 26.2. The highest BCUT2D eigenvalue weighted by atomic mass is 16.2. The summed E-state index contributed by atoms with van der Waals surface area (Å²) >= 11 is 0. The number of nitrogens with zero attached hydrogens (tertiary/aromatic N) is 4. The first-order chi connectivity index (χ1) is 14.5. The smallest absolute Gasteiger partial charge is 0.306 e. The number of hydrogen-bond acceptors (Lipinski definition) is 3. The molecule has 1 saturated heterocycles. The van der Waals surface area contributed by atoms with E-state index in [-0.39, 0.29) is 11.9 Å². The normalized spacial score (nSPS) is 13.6. The maximum Gasteiger partial charge on any atom is 0.340 e. The summed E-state index contributed by atoms with van der Waals surface area (Å²) in [7, 11) is 0. The minimum Gasteiger partial charge on any atom is -0.306 e. The highest BCUT2D eigenvalue weighted by molar-refractivity contribution is 5.98. The Morgan fingerprint density at radius 1 is 0.900 bits per heavy atom. The second kappa shape index (κ2) is 8.02. The van der Waals surface area contributed by atoms with E-state index >= 15 is 0 Å². The first-order valence-electron chi connectivity index (χ1n) is 10.0. The summed E-state index contributed by atoms with van der Waals surface area (Å²) in [5, 5.41) is 10.4. The van der Waals surface area contributed by atoms with Crippen LogP contribution in [0.2, 0.25) is 0 Å². The third-order valence-electron chi connectivity index (χ3n) is 5.45. The number of anilines is 1. The van der Waals surface area contributed by atoms with Gasteiger partial charge in [-0.15, -0.1) is 0 Å². The largest absolute Gasteiger partial charge is 0.340 e. The predicted molar refractivity (Wildman–Crippen MR) is 116 cm³/mol. The first-order valence-corrected chi connectivity index (χ1v) is 10.0. The predicted octanol–water partition coefficient (Wildman–Crippen LogP) is 4.09. The van der Waals surface area contributed by atoms with Crippen LogP contribution in [0.4, 0.5) is 10.5 Å². The van der Waals surface area contributed by atoms with Gasteiger partial charge in [-0.25, -0.2) is 19.5 Å². The Morgan fingerprint density at radius 3 is 2.27 bits per heavy atom. The van der Waals surface area contributed by atoms with Crippen LogP contribution < -0.4 is 5.32 Å². The number of rotatable bonds is 3. The molecule has 154 valence electrons. The number of hydrogen-bond donors (Lipinski definition) is 1. The number of carbonyl (C=O) groups is 2. The van der Waals surface area contributed by atoms with Gasteiger partial charge in [-0.05, 0) is 50.5 Å². The third-order valence-corrected chi connectivity index (χ3v) is 5.45. The molecule has 0 aliphatic carbocycles. The molecule has 0 radical (unpaired) electrons. The number of aryl methyl sites for hydroxylation is 2. The second-order valence-corrected chi connectivity index (χ2v) is 7.49. The van der Waals surface area contributed by atoms with E-state index in [2.05, 4.69) is 10.4 Å². The number of aromatic nitrogens is 2. The Hall–Kier alpha value is -3.61. The Bertz CT molecular complexity index is 1070. The zero-order chi connectivity index (χ0) is 21.3. The van der Waals surface area contributed by atoms with Crippen molar-refractivity contribution in [1.82, 2.24) is 19.8 Å². The molecule has 0 saturated carbocycles. The van der Waals surface area contributed by atoms with E-state index in [9.17, 15) is 9.59 Å². The van der Waals surface area contributed by atoms with Gasteiger partial charge in [0.1, 0.15) is 0 Å². The molecule has 7 heteroatoms. The van der Waals surface area contributed by atoms with Gasteiger partial charge >= 0.3 is 6.03 Å². The summed E-state index contributed by atoms with van der Waals surface area (Å²) in [6.07, 6.45) is 2.31. The molecule has 0 spiro atoms. The summed E-state index contributed by atoms with van der Waals surface area (Å²) in [6, 6.07) is 15.2. The van der Waals surface area contributed by atoms with Gasteiger partial charge in [0, 0.05) is 18.8 Å². The molecule has 3 aromatic rings. The van der Waals surface area contributed by atoms with E-state index < -0.39 is 0 Å². The van der Waals surface area contributed by atoms with E-state index in [0.29, 0.717) is 18.7 Å². The average Bonchev–Trinajstić information content (AvgIpc) is 3.38. The van der Waals surface area contributed by atoms with Crippen LogP contribution in [0.5, 0.6) is 0 Å². The lowest BCUT2D eigenvalue weighted by Gasteiger charge is -2.28. The van der Waals surface area contributed by atoms with Crippen LogP contribution in [0.1, 0.15) is 33.6 Å². The molecule has 1 aliphatic rings. The molecular weight excluding hydrogens is 378 g/mol. The van der Waals surface area contributed by atoms with E-state index in [1.807, 2.05) is 69.3 Å². The number of nitrogens with one attached hydrogen (secondary N) is 1. The van der Waals surface area contributed by atoms with Crippen LogP contribution in [0.15, 0.2) is 54.7 Å². The molecule has 1 aromatic heterocycles. The number of hydrazine groups is 1. The van der Waals surface area contributed by atoms with Gasteiger partial charge in [0.05, 0.1) is 23.1 Å². The maximum atomic E-state index is 13.3. The van der Waals surface area contributed by atoms with Crippen LogP contribution in [0, 0.1) is 20.8 Å². The number of amides is 3. The quantitative estimate of drug-likeness (QED) is 0.716. The van der Waals surface area contributed by atoms with Crippen molar-refractivity contribution >= 4 is 17.6 Å². The number of para-hydroxylation sites is 2. The van der Waals surface area contributed by atoms with Gasteiger partial charge in [-0.2, -0.15) is 5.10 Å². The fourth-order valence-corrected chi connectivity index (χ4v) is 3.81. The molecular formula is C23H25N5O2. The molecule has 30 heavy (non-hydrogen) atoms. The summed E-state index contributed by atoms with van der Waals surface area (Å²) in [6.45, 7) is 6.77. The van der Waals surface area contributed by atoms with E-state index in [1.165, 1.54) is 10.0 Å². The van der Waals surface area contributed by atoms with Crippen LogP contribution in [-0.4, -0.2) is 44.8 Å². The van der Waals surface area contributed by atoms with Gasteiger partial charge in [0.25, 0.3) is 5.91 Å². The minimum absolute atomic E-state index is 0.219. The maximum absolute atomic E-state index is 13.3. The fraction of sp³-hybridized carbons (Fsp3) is 0.261. The molecule has 1 N–H and O–H groups in total. The van der Waals surface area contributed by atoms with Crippen molar-refractivity contribution in [2.45, 2.75) is 27.2 Å². The van der Waals surface area contributed by atoms with Crippen molar-refractivity contribution in [2.75, 3.05) is 18.4 Å². The molecule has 1 aliphatic heterocycles. The Labute approximate surface area is 175 Å². The third kappa shape index (κ3) is 3.54. The molecule has 2 heterocycles. The molecule has 0 bridgehead atoms. The average molecular weight is 403 g/mol. The molecule has 0 unspecified atom stereocenters. The monoisotopic (exact) mass is 403 g/mol. The van der Waals surface area contributed by atoms with Crippen molar-refractivity contribution in [3.05, 3.63) is 77.1 Å². The van der Waals surface area contributed by atoms with Crippen molar-refractivity contribution in [1.29, 1.82) is 0 Å². The summed E-state index contributed by atoms with van der Waals surface area (Å²) in [5.74, 6) is -0.219. The standard InChI is InChI=1S/C23H25N5O2/c1-16-9-7-10-17(2)21(16)25-23(30)27-14-8-13-26(27)22(29)20-15-24-28(18(20)3)19-11-5-4-6-12-19/h4-7,9-12,15H,8,13-14H2,1-3H3,(H,25,30). The lowest BCUT2D eigenvalue weighted by molar-refractivity contribution is 0.0403. The van der Waals surface area contributed by atoms with Gasteiger partial charge in [0.15, 0.2) is 0 Å². The summed E-state index contributed by atoms with van der Waals surface area (Å²) in [5.41, 5.74) is 4.88. The number of carbonyl (C=O) groups excluding carboxylic acids is 2. The molecule has 4 rings (SSSR count). The van der Waals surface area contributed by atoms with Crippen molar-refractivity contribution in [3.8, 4) is 5.69 Å². The lowest BCUT2D eigenvalue weighted by atomic mass is 10.1. The van der Waals surface area contributed by atoms with Crippen LogP contribution in [0.25, 0.3) is 5.69 Å². The van der Waals surface area contributed by atoms with Crippen molar-refractivity contribution in [3.63, 3.8) is 0 Å². The fourth-order valence-electron chi connectivity index (χ4n) is 3.81. The zero-order valence-electron chi connectivity index (χ0n) is 17.4. The van der Waals surface area contributed by atoms with Gasteiger partial charge in [0.2, 0.25) is 0 Å². The highest BCUT2D eigenvalue weighted by Crippen LogP contribution is 2.23. The summed E-state index contributed by atoms with van der Waals surface area (Å²) < 4.78 is 1.74. The van der Waals surface area contributed by atoms with Crippen molar-refractivity contribution in [2.24, 2.45) is 0 Å². The van der Waals surface area contributed by atoms with Crippen LogP contribution in [-0.2, 0) is 0 Å². The zero-order valence-corrected chi connectivity index (χ0v) is 17.4. The van der Waals surface area contributed by atoms with E-state index in [1.54, 1.807) is 10.9 Å². The highest BCUT2D eigenvalue weighted by Gasteiger charge is 2.33. The Kier molecular flexibility index (Phi) is 5.27. The van der Waals surface area contributed by atoms with E-state index in [0.717, 1.165) is 34.6 Å². The molecule has 3 amide bonds. The molecule has 0 atom stereocenters. The number of benzene rings is 2. The minimum atomic E-state index is -0.300. The topological polar surface area (TPSA) is 70.5 Å². The van der Waals surface area contributed by atoms with E-state index in [4.69, 9.17) is 0 Å². The van der Waals surface area contributed by atoms with Crippen molar-refractivity contribution < 1.29 is 9.59 Å². The van der Waals surface area contributed by atoms with Crippen LogP contribution >= 0.6 is 0 Å². The van der Waals surface area contributed by atoms with Crippen LogP contribution in [0.3, 0.4) is 0 Å². The van der Waals surface area contributed by atoms with Gasteiger partial charge in [-0.3, -0.25) is 4.79 Å². The Morgan fingerprint density at radius 2 is 1.57 bits per heavy atom. The Balaban J connectivity index is 1.56. The first kappa shape index (κ1) is 19.7. The second-order valence-electron chi connectivity index (χ2n) is 7.49. The van der Waals surface area contributed by atoms with Gasteiger partial charge < -0.3 is 5.32 Å². The molecule has 1 fully saturated rings. The lowest BCUT2D eigenvalue weighted by Crippen LogP contribution is -2.47. The number of urea groups is 1.